The summed E-state index contributed by atoms with van der Waals surface area (Å²) in [5, 5.41) is 3.78. The van der Waals surface area contributed by atoms with E-state index in [1.54, 1.807) is 4.57 Å². The summed E-state index contributed by atoms with van der Waals surface area (Å²) < 4.78 is 29.6. The summed E-state index contributed by atoms with van der Waals surface area (Å²) in [5.41, 5.74) is 5.79. The molecule has 154 valence electrons. The molecule has 6 nitrogen and oxygen atoms in total. The maximum Gasteiger partial charge on any atom is 0.332 e. The highest BCUT2D eigenvalue weighted by Crippen LogP contribution is 2.44. The van der Waals surface area contributed by atoms with Crippen LogP contribution >= 0.6 is 11.3 Å². The lowest BCUT2D eigenvalue weighted by Crippen LogP contribution is -2.44. The second kappa shape index (κ2) is 7.03. The zero-order chi connectivity index (χ0) is 20.2. The predicted molar refractivity (Wildman–Crippen MR) is 106 cm³/mol. The Hall–Kier alpha value is -1.58. The number of aromatic nitrogens is 2. The van der Waals surface area contributed by atoms with Crippen LogP contribution in [0.25, 0.3) is 10.2 Å². The first-order chi connectivity index (χ1) is 13.2. The van der Waals surface area contributed by atoms with Crippen molar-refractivity contribution in [2.75, 3.05) is 13.1 Å². The van der Waals surface area contributed by atoms with E-state index in [1.807, 2.05) is 13.8 Å². The fraction of sp³-hybridized carbons (Fsp3) is 0.684. The van der Waals surface area contributed by atoms with Crippen LogP contribution in [0, 0.1) is 18.8 Å². The Morgan fingerprint density at radius 3 is 2.57 bits per heavy atom. The van der Waals surface area contributed by atoms with Gasteiger partial charge in [-0.2, -0.15) is 0 Å². The van der Waals surface area contributed by atoms with Gasteiger partial charge in [-0.15, -0.1) is 11.3 Å². The molecule has 2 heterocycles. The molecule has 0 amide bonds. The van der Waals surface area contributed by atoms with Crippen molar-refractivity contribution in [3.63, 3.8) is 0 Å². The normalized spacial score (nSPS) is 23.9. The monoisotopic (exact) mass is 412 g/mol. The number of nitrogens with zero attached hydrogens (tertiary/aromatic N) is 2. The van der Waals surface area contributed by atoms with Crippen LogP contribution < -0.4 is 22.3 Å². The Morgan fingerprint density at radius 2 is 2.00 bits per heavy atom. The van der Waals surface area contributed by atoms with Gasteiger partial charge in [-0.1, -0.05) is 6.92 Å². The summed E-state index contributed by atoms with van der Waals surface area (Å²) in [5.74, 6) is -2.58. The van der Waals surface area contributed by atoms with Crippen LogP contribution in [0.4, 0.5) is 8.78 Å². The number of hydrogen-bond acceptors (Lipinski definition) is 5. The molecule has 2 saturated carbocycles. The maximum atomic E-state index is 13.3. The van der Waals surface area contributed by atoms with Crippen LogP contribution in [0.5, 0.6) is 0 Å². The van der Waals surface area contributed by atoms with Gasteiger partial charge in [0, 0.05) is 49.9 Å². The number of rotatable bonds is 7. The van der Waals surface area contributed by atoms with E-state index in [2.05, 4.69) is 5.32 Å². The van der Waals surface area contributed by atoms with Crippen molar-refractivity contribution in [3.8, 4) is 0 Å². The smallest absolute Gasteiger partial charge is 0.329 e. The molecule has 2 aliphatic rings. The summed E-state index contributed by atoms with van der Waals surface area (Å²) >= 11 is 1.41. The van der Waals surface area contributed by atoms with Crippen molar-refractivity contribution >= 4 is 21.6 Å². The molecule has 2 aromatic rings. The maximum absolute atomic E-state index is 13.3. The Bertz CT molecular complexity index is 1020. The highest BCUT2D eigenvalue weighted by atomic mass is 32.1. The van der Waals surface area contributed by atoms with Gasteiger partial charge in [-0.3, -0.25) is 13.9 Å². The fourth-order valence-electron chi connectivity index (χ4n) is 4.17. The minimum Gasteiger partial charge on any atom is -0.329 e. The molecule has 0 bridgehead atoms. The number of halogens is 2. The zero-order valence-electron chi connectivity index (χ0n) is 16.1. The molecular weight excluding hydrogens is 386 g/mol. The third-order valence-electron chi connectivity index (χ3n) is 5.96. The molecule has 2 aromatic heterocycles. The molecule has 28 heavy (non-hydrogen) atoms. The second-order valence-electron chi connectivity index (χ2n) is 8.27. The minimum absolute atomic E-state index is 0.0865. The van der Waals surface area contributed by atoms with Crippen LogP contribution in [-0.4, -0.2) is 28.1 Å². The molecule has 0 saturated heterocycles. The standard InChI is InChI=1S/C19H26F2N4O2S/c1-10-5-13(10)25-16(26)15-11(2)14(8-23-4-3-22)28-17(15)24(18(25)27)9-12-6-19(20,21)7-12/h10,12-13,23H,3-9,22H2,1-2H3. The lowest BCUT2D eigenvalue weighted by atomic mass is 9.81. The molecule has 2 aliphatic carbocycles. The van der Waals surface area contributed by atoms with E-state index in [4.69, 9.17) is 5.73 Å². The van der Waals surface area contributed by atoms with Crippen LogP contribution in [-0.2, 0) is 13.1 Å². The van der Waals surface area contributed by atoms with Crippen molar-refractivity contribution in [3.05, 3.63) is 31.3 Å². The first kappa shape index (κ1) is 19.7. The second-order valence-corrected chi connectivity index (χ2v) is 9.36. The lowest BCUT2D eigenvalue weighted by Gasteiger charge is -2.35. The summed E-state index contributed by atoms with van der Waals surface area (Å²) in [4.78, 5) is 27.9. The number of thiophene rings is 1. The third-order valence-corrected chi connectivity index (χ3v) is 7.28. The predicted octanol–water partition coefficient (Wildman–Crippen LogP) is 2.21. The topological polar surface area (TPSA) is 82.1 Å². The van der Waals surface area contributed by atoms with Gasteiger partial charge in [0.1, 0.15) is 4.83 Å². The van der Waals surface area contributed by atoms with E-state index < -0.39 is 5.92 Å². The number of fused-ring (bicyclic) bond motifs is 1. The number of nitrogens with one attached hydrogen (secondary N) is 1. The largest absolute Gasteiger partial charge is 0.332 e. The molecule has 2 atom stereocenters. The van der Waals surface area contributed by atoms with Gasteiger partial charge in [0.2, 0.25) is 5.92 Å². The Morgan fingerprint density at radius 1 is 1.32 bits per heavy atom. The molecule has 0 spiro atoms. The Balaban J connectivity index is 1.81. The van der Waals surface area contributed by atoms with Crippen LogP contribution in [0.2, 0.25) is 0 Å². The molecule has 4 rings (SSSR count). The Labute approximate surface area is 165 Å². The van der Waals surface area contributed by atoms with E-state index in [-0.39, 0.29) is 48.5 Å². The number of nitrogens with two attached hydrogens (primary N) is 1. The first-order valence-corrected chi connectivity index (χ1v) is 10.6. The van der Waals surface area contributed by atoms with Crippen molar-refractivity contribution in [1.29, 1.82) is 0 Å². The van der Waals surface area contributed by atoms with Gasteiger partial charge in [0.05, 0.1) is 5.39 Å². The zero-order valence-corrected chi connectivity index (χ0v) is 17.0. The first-order valence-electron chi connectivity index (χ1n) is 9.79. The number of alkyl halides is 2. The SMILES string of the molecule is Cc1c(CNCCN)sc2c1c(=O)n(C1CC1C)c(=O)n2CC1CC(F)(F)C1. The summed E-state index contributed by atoms with van der Waals surface area (Å²) in [6, 6.07) is -0.0865. The van der Waals surface area contributed by atoms with Gasteiger partial charge >= 0.3 is 5.69 Å². The van der Waals surface area contributed by atoms with E-state index >= 15 is 0 Å². The average molecular weight is 413 g/mol. The van der Waals surface area contributed by atoms with Gasteiger partial charge in [0.15, 0.2) is 0 Å². The minimum atomic E-state index is -2.63. The van der Waals surface area contributed by atoms with Crippen molar-refractivity contribution in [2.45, 2.75) is 58.2 Å². The summed E-state index contributed by atoms with van der Waals surface area (Å²) in [7, 11) is 0. The average Bonchev–Trinajstić information content (AvgIpc) is 3.21. The van der Waals surface area contributed by atoms with Crippen LogP contribution in [0.15, 0.2) is 9.59 Å². The van der Waals surface area contributed by atoms with E-state index in [0.717, 1.165) is 16.9 Å². The highest BCUT2D eigenvalue weighted by Gasteiger charge is 2.46. The molecule has 2 unspecified atom stereocenters. The van der Waals surface area contributed by atoms with Gasteiger partial charge in [0.25, 0.3) is 5.56 Å². The quantitative estimate of drug-likeness (QED) is 0.683. The Kier molecular flexibility index (Phi) is 4.96. The third kappa shape index (κ3) is 3.33. The van der Waals surface area contributed by atoms with E-state index in [9.17, 15) is 18.4 Å². The molecular formula is C19H26F2N4O2S. The summed E-state index contributed by atoms with van der Waals surface area (Å²) in [6.45, 7) is 5.88. The van der Waals surface area contributed by atoms with Gasteiger partial charge in [-0.05, 0) is 30.7 Å². The molecule has 9 heteroatoms. The summed E-state index contributed by atoms with van der Waals surface area (Å²) in [6.07, 6.45) is 0.403. The van der Waals surface area contributed by atoms with Crippen molar-refractivity contribution in [1.82, 2.24) is 14.5 Å². The van der Waals surface area contributed by atoms with Crippen molar-refractivity contribution < 1.29 is 8.78 Å². The highest BCUT2D eigenvalue weighted by molar-refractivity contribution is 7.18. The number of aryl methyl sites for hydroxylation is 1. The molecule has 0 aliphatic heterocycles. The molecule has 2 fully saturated rings. The van der Waals surface area contributed by atoms with Gasteiger partial charge in [-0.25, -0.2) is 13.6 Å². The van der Waals surface area contributed by atoms with E-state index in [1.165, 1.54) is 15.9 Å². The van der Waals surface area contributed by atoms with Crippen LogP contribution in [0.3, 0.4) is 0 Å². The molecule has 3 N–H and O–H groups in total. The van der Waals surface area contributed by atoms with Crippen molar-refractivity contribution in [2.24, 2.45) is 17.6 Å². The molecule has 0 radical (unpaired) electrons. The van der Waals surface area contributed by atoms with E-state index in [0.29, 0.717) is 29.9 Å². The number of hydrogen-bond donors (Lipinski definition) is 2. The van der Waals surface area contributed by atoms with Gasteiger partial charge < -0.3 is 11.1 Å². The molecule has 0 aromatic carbocycles. The fourth-order valence-corrected chi connectivity index (χ4v) is 5.44. The lowest BCUT2D eigenvalue weighted by molar-refractivity contribution is -0.114. The van der Waals surface area contributed by atoms with Crippen LogP contribution in [0.1, 0.15) is 42.7 Å².